The van der Waals surface area contributed by atoms with Crippen molar-refractivity contribution in [1.82, 2.24) is 9.97 Å². The lowest BCUT2D eigenvalue weighted by Gasteiger charge is -2.20. The Morgan fingerprint density at radius 2 is 1.37 bits per heavy atom. The SMILES string of the molecule is CC(C)c1c(Cl)nc(C2CCCCCCC2)nc1Cl. The standard InChI is InChI=1S/C15H22Cl2N2/c1-10(2)12-13(16)18-15(19-14(12)17)11-8-6-4-3-5-7-9-11/h10-11H,3-9H2,1-2H3. The van der Waals surface area contributed by atoms with Gasteiger partial charge in [-0.15, -0.1) is 0 Å². The molecule has 1 aliphatic rings. The molecule has 2 nitrogen and oxygen atoms in total. The van der Waals surface area contributed by atoms with Crippen molar-refractivity contribution in [2.45, 2.75) is 70.6 Å². The average Bonchev–Trinajstić information content (AvgIpc) is 2.26. The summed E-state index contributed by atoms with van der Waals surface area (Å²) in [6.07, 6.45) is 8.84. The fraction of sp³-hybridized carbons (Fsp3) is 0.733. The Balaban J connectivity index is 2.24. The third-order valence-electron chi connectivity index (χ3n) is 3.92. The molecule has 0 aliphatic heterocycles. The van der Waals surface area contributed by atoms with Crippen molar-refractivity contribution in [3.05, 3.63) is 21.7 Å². The number of hydrogen-bond acceptors (Lipinski definition) is 2. The van der Waals surface area contributed by atoms with Crippen LogP contribution >= 0.6 is 23.2 Å². The zero-order chi connectivity index (χ0) is 13.8. The van der Waals surface area contributed by atoms with Crippen LogP contribution in [0, 0.1) is 0 Å². The zero-order valence-corrected chi connectivity index (χ0v) is 13.3. The highest BCUT2D eigenvalue weighted by atomic mass is 35.5. The Morgan fingerprint density at radius 1 is 0.895 bits per heavy atom. The van der Waals surface area contributed by atoms with Crippen LogP contribution in [0.2, 0.25) is 10.3 Å². The van der Waals surface area contributed by atoms with Crippen molar-refractivity contribution in [3.8, 4) is 0 Å². The Morgan fingerprint density at radius 3 is 1.84 bits per heavy atom. The van der Waals surface area contributed by atoms with Crippen molar-refractivity contribution < 1.29 is 0 Å². The second-order valence-corrected chi connectivity index (χ2v) is 6.49. The third-order valence-corrected chi connectivity index (χ3v) is 4.49. The molecular weight excluding hydrogens is 279 g/mol. The van der Waals surface area contributed by atoms with Crippen LogP contribution in [0.15, 0.2) is 0 Å². The summed E-state index contributed by atoms with van der Waals surface area (Å²) in [5.41, 5.74) is 0.873. The van der Waals surface area contributed by atoms with E-state index in [0.717, 1.165) is 24.2 Å². The average molecular weight is 301 g/mol. The summed E-state index contributed by atoms with van der Waals surface area (Å²) in [6, 6.07) is 0. The molecule has 106 valence electrons. The van der Waals surface area contributed by atoms with E-state index in [-0.39, 0.29) is 5.92 Å². The molecule has 0 saturated heterocycles. The second kappa shape index (κ2) is 6.90. The first-order chi connectivity index (χ1) is 9.09. The van der Waals surface area contributed by atoms with Crippen LogP contribution in [0.25, 0.3) is 0 Å². The van der Waals surface area contributed by atoms with Crippen LogP contribution in [0.4, 0.5) is 0 Å². The summed E-state index contributed by atoms with van der Waals surface area (Å²) in [5.74, 6) is 1.53. The maximum absolute atomic E-state index is 6.29. The molecule has 19 heavy (non-hydrogen) atoms. The van der Waals surface area contributed by atoms with Gasteiger partial charge in [0.15, 0.2) is 0 Å². The van der Waals surface area contributed by atoms with E-state index >= 15 is 0 Å². The summed E-state index contributed by atoms with van der Waals surface area (Å²) >= 11 is 12.6. The zero-order valence-electron chi connectivity index (χ0n) is 11.8. The van der Waals surface area contributed by atoms with Crippen LogP contribution in [0.5, 0.6) is 0 Å². The molecule has 0 spiro atoms. The summed E-state index contributed by atoms with van der Waals surface area (Å²) in [5, 5.41) is 1.07. The number of hydrogen-bond donors (Lipinski definition) is 0. The molecular formula is C15H22Cl2N2. The summed E-state index contributed by atoms with van der Waals surface area (Å²) in [6.45, 7) is 4.12. The molecule has 1 aromatic heterocycles. The minimum atomic E-state index is 0.256. The molecule has 0 amide bonds. The molecule has 2 rings (SSSR count). The first-order valence-electron chi connectivity index (χ1n) is 7.32. The smallest absolute Gasteiger partial charge is 0.137 e. The van der Waals surface area contributed by atoms with E-state index < -0.39 is 0 Å². The van der Waals surface area contributed by atoms with Gasteiger partial charge in [0.2, 0.25) is 0 Å². The predicted molar refractivity (Wildman–Crippen MR) is 81.2 cm³/mol. The molecule has 0 aromatic carbocycles. The molecule has 1 heterocycles. The van der Waals surface area contributed by atoms with Gasteiger partial charge >= 0.3 is 0 Å². The van der Waals surface area contributed by atoms with Crippen LogP contribution < -0.4 is 0 Å². The van der Waals surface area contributed by atoms with Crippen molar-refractivity contribution in [3.63, 3.8) is 0 Å². The molecule has 0 unspecified atom stereocenters. The largest absolute Gasteiger partial charge is 0.221 e. The molecule has 0 N–H and O–H groups in total. The quantitative estimate of drug-likeness (QED) is 0.651. The second-order valence-electron chi connectivity index (χ2n) is 5.77. The molecule has 1 aromatic rings. The minimum Gasteiger partial charge on any atom is -0.221 e. The van der Waals surface area contributed by atoms with E-state index in [2.05, 4.69) is 23.8 Å². The molecule has 0 atom stereocenters. The summed E-state index contributed by atoms with van der Waals surface area (Å²) in [7, 11) is 0. The first-order valence-corrected chi connectivity index (χ1v) is 8.08. The van der Waals surface area contributed by atoms with E-state index in [1.807, 2.05) is 0 Å². The fourth-order valence-corrected chi connectivity index (χ4v) is 3.64. The third kappa shape index (κ3) is 3.82. The number of halogens is 2. The van der Waals surface area contributed by atoms with Crippen molar-refractivity contribution in [2.75, 3.05) is 0 Å². The van der Waals surface area contributed by atoms with Crippen LogP contribution in [-0.2, 0) is 0 Å². The van der Waals surface area contributed by atoms with Gasteiger partial charge in [0.1, 0.15) is 16.1 Å². The summed E-state index contributed by atoms with van der Waals surface area (Å²) < 4.78 is 0. The van der Waals surface area contributed by atoms with E-state index in [1.54, 1.807) is 0 Å². The Bertz CT molecular complexity index is 401. The molecule has 1 aliphatic carbocycles. The Hall–Kier alpha value is -0.340. The van der Waals surface area contributed by atoms with Gasteiger partial charge in [-0.05, 0) is 18.8 Å². The highest BCUT2D eigenvalue weighted by molar-refractivity contribution is 6.34. The summed E-state index contributed by atoms with van der Waals surface area (Å²) in [4.78, 5) is 9.04. The van der Waals surface area contributed by atoms with Crippen LogP contribution in [0.1, 0.15) is 82.0 Å². The van der Waals surface area contributed by atoms with Gasteiger partial charge in [-0.3, -0.25) is 0 Å². The lowest BCUT2D eigenvalue weighted by molar-refractivity contribution is 0.442. The van der Waals surface area contributed by atoms with Gasteiger partial charge in [0.05, 0.1) is 0 Å². The first kappa shape index (κ1) is 15.1. The van der Waals surface area contributed by atoms with Crippen molar-refractivity contribution >= 4 is 23.2 Å². The van der Waals surface area contributed by atoms with Crippen molar-refractivity contribution in [2.24, 2.45) is 0 Å². The number of nitrogens with zero attached hydrogens (tertiary/aromatic N) is 2. The monoisotopic (exact) mass is 300 g/mol. The van der Waals surface area contributed by atoms with Gasteiger partial charge < -0.3 is 0 Å². The van der Waals surface area contributed by atoms with Gasteiger partial charge in [0, 0.05) is 11.5 Å². The topological polar surface area (TPSA) is 25.8 Å². The fourth-order valence-electron chi connectivity index (χ4n) is 2.81. The molecule has 0 radical (unpaired) electrons. The van der Waals surface area contributed by atoms with Crippen LogP contribution in [0.3, 0.4) is 0 Å². The maximum Gasteiger partial charge on any atom is 0.137 e. The minimum absolute atomic E-state index is 0.256. The van der Waals surface area contributed by atoms with Gasteiger partial charge in [-0.2, -0.15) is 0 Å². The van der Waals surface area contributed by atoms with Gasteiger partial charge in [-0.25, -0.2) is 9.97 Å². The van der Waals surface area contributed by atoms with Gasteiger partial charge in [-0.1, -0.05) is 69.2 Å². The molecule has 1 saturated carbocycles. The predicted octanol–water partition coefficient (Wildman–Crippen LogP) is 5.73. The Labute approximate surface area is 125 Å². The highest BCUT2D eigenvalue weighted by Crippen LogP contribution is 2.34. The molecule has 4 heteroatoms. The lowest BCUT2D eigenvalue weighted by Crippen LogP contribution is -2.09. The van der Waals surface area contributed by atoms with E-state index in [9.17, 15) is 0 Å². The lowest BCUT2D eigenvalue weighted by atomic mass is 9.90. The van der Waals surface area contributed by atoms with E-state index in [1.165, 1.54) is 32.1 Å². The number of aromatic nitrogens is 2. The number of rotatable bonds is 2. The maximum atomic E-state index is 6.29. The highest BCUT2D eigenvalue weighted by Gasteiger charge is 2.21. The van der Waals surface area contributed by atoms with Gasteiger partial charge in [0.25, 0.3) is 0 Å². The Kier molecular flexibility index (Phi) is 5.47. The molecule has 1 fully saturated rings. The van der Waals surface area contributed by atoms with E-state index in [4.69, 9.17) is 23.2 Å². The van der Waals surface area contributed by atoms with Crippen LogP contribution in [-0.4, -0.2) is 9.97 Å². The van der Waals surface area contributed by atoms with Crippen molar-refractivity contribution in [1.29, 1.82) is 0 Å². The normalized spacial score (nSPS) is 18.4. The van der Waals surface area contributed by atoms with E-state index in [0.29, 0.717) is 16.2 Å². The molecule has 0 bridgehead atoms.